The van der Waals surface area contributed by atoms with Crippen LogP contribution in [0.15, 0.2) is 18.2 Å². The number of aromatic nitrogens is 2. The molecule has 0 radical (unpaired) electrons. The van der Waals surface area contributed by atoms with Crippen molar-refractivity contribution in [1.82, 2.24) is 15.1 Å². The zero-order valence-electron chi connectivity index (χ0n) is 12.2. The fraction of sp³-hybridized carbons (Fsp3) is 0.214. The number of nitrogens with zero attached hydrogens (tertiary/aromatic N) is 2. The molecule has 2 rings (SSSR count). The first-order chi connectivity index (χ1) is 10.3. The van der Waals surface area contributed by atoms with Crippen molar-refractivity contribution in [3.63, 3.8) is 0 Å². The number of carbonyl (C=O) groups excluding carboxylic acids is 2. The lowest BCUT2D eigenvalue weighted by Crippen LogP contribution is -2.26. The zero-order valence-corrected chi connectivity index (χ0v) is 13.7. The van der Waals surface area contributed by atoms with E-state index in [1.54, 1.807) is 26.1 Å². The Labute approximate surface area is 137 Å². The highest BCUT2D eigenvalue weighted by Crippen LogP contribution is 2.27. The number of hydrogen-bond donors (Lipinski definition) is 2. The maximum absolute atomic E-state index is 12.8. The van der Waals surface area contributed by atoms with E-state index >= 15 is 0 Å². The molecule has 1 aromatic carbocycles. The fourth-order valence-electron chi connectivity index (χ4n) is 2.05. The number of amides is 2. The Morgan fingerprint density at radius 2 is 1.95 bits per heavy atom. The van der Waals surface area contributed by atoms with Crippen LogP contribution in [0.4, 0.5) is 10.6 Å². The van der Waals surface area contributed by atoms with Crippen LogP contribution in [-0.4, -0.2) is 28.6 Å². The van der Waals surface area contributed by atoms with Crippen molar-refractivity contribution >= 4 is 40.8 Å². The summed E-state index contributed by atoms with van der Waals surface area (Å²) in [6.07, 6.45) is 0. The summed E-state index contributed by atoms with van der Waals surface area (Å²) in [5, 5.41) is 9.88. The molecule has 0 atom stereocenters. The highest BCUT2D eigenvalue weighted by molar-refractivity contribution is 6.37. The molecule has 2 N–H and O–H groups in total. The molecule has 0 fully saturated rings. The van der Waals surface area contributed by atoms with Gasteiger partial charge in [0, 0.05) is 24.7 Å². The number of aryl methyl sites for hydroxylation is 2. The molecule has 0 aliphatic carbocycles. The third-order valence-electron chi connectivity index (χ3n) is 3.08. The van der Waals surface area contributed by atoms with Crippen LogP contribution in [-0.2, 0) is 7.05 Å². The summed E-state index contributed by atoms with van der Waals surface area (Å²) in [6.45, 7) is 1.69. The Bertz CT molecular complexity index is 756. The van der Waals surface area contributed by atoms with Gasteiger partial charge in [0.15, 0.2) is 5.78 Å². The van der Waals surface area contributed by atoms with E-state index in [0.29, 0.717) is 22.1 Å². The molecule has 0 saturated carbocycles. The molecule has 0 unspecified atom stereocenters. The van der Waals surface area contributed by atoms with Gasteiger partial charge in [0.05, 0.1) is 16.3 Å². The average molecular weight is 341 g/mol. The third kappa shape index (κ3) is 3.08. The summed E-state index contributed by atoms with van der Waals surface area (Å²) in [4.78, 5) is 24.3. The highest BCUT2D eigenvalue weighted by atomic mass is 35.5. The molecule has 116 valence electrons. The van der Waals surface area contributed by atoms with Crippen molar-refractivity contribution in [1.29, 1.82) is 0 Å². The maximum Gasteiger partial charge on any atom is 0.320 e. The van der Waals surface area contributed by atoms with E-state index in [-0.39, 0.29) is 16.4 Å². The Hall–Kier alpha value is -2.05. The lowest BCUT2D eigenvalue weighted by atomic mass is 10.0. The molecular weight excluding hydrogens is 327 g/mol. The number of hydrogen-bond acceptors (Lipinski definition) is 3. The minimum absolute atomic E-state index is 0.242. The van der Waals surface area contributed by atoms with E-state index in [0.717, 1.165) is 0 Å². The van der Waals surface area contributed by atoms with Crippen LogP contribution < -0.4 is 10.6 Å². The Morgan fingerprint density at radius 3 is 2.55 bits per heavy atom. The van der Waals surface area contributed by atoms with Gasteiger partial charge in [0.25, 0.3) is 0 Å². The predicted octanol–water partition coefficient (Wildman–Crippen LogP) is 3.02. The monoisotopic (exact) mass is 340 g/mol. The van der Waals surface area contributed by atoms with E-state index in [1.807, 2.05) is 0 Å². The molecule has 0 spiro atoms. The van der Waals surface area contributed by atoms with Gasteiger partial charge in [-0.05, 0) is 25.1 Å². The second-order valence-corrected chi connectivity index (χ2v) is 5.43. The topological polar surface area (TPSA) is 76.0 Å². The molecule has 22 heavy (non-hydrogen) atoms. The van der Waals surface area contributed by atoms with E-state index in [4.69, 9.17) is 23.2 Å². The highest BCUT2D eigenvalue weighted by Gasteiger charge is 2.24. The molecule has 0 saturated heterocycles. The smallest absolute Gasteiger partial charge is 0.320 e. The van der Waals surface area contributed by atoms with Crippen LogP contribution in [0, 0.1) is 6.92 Å². The number of urea groups is 1. The van der Waals surface area contributed by atoms with Crippen LogP contribution in [0.1, 0.15) is 21.6 Å². The summed E-state index contributed by atoms with van der Waals surface area (Å²) in [7, 11) is 3.12. The minimum Gasteiger partial charge on any atom is -0.341 e. The number of rotatable bonds is 3. The lowest BCUT2D eigenvalue weighted by molar-refractivity contribution is 0.103. The van der Waals surface area contributed by atoms with Gasteiger partial charge in [0.1, 0.15) is 5.82 Å². The second kappa shape index (κ2) is 6.37. The van der Waals surface area contributed by atoms with Crippen molar-refractivity contribution in [2.24, 2.45) is 7.05 Å². The molecular formula is C14H14Cl2N4O2. The first kappa shape index (κ1) is 16.3. The van der Waals surface area contributed by atoms with Gasteiger partial charge in [-0.2, -0.15) is 5.10 Å². The standard InChI is InChI=1S/C14H14Cl2N4O2/c1-7-11(13(20(3)19-7)18-14(22)17-2)12(21)9-5-4-8(15)6-10(9)16/h4-6H,1-3H3,(H2,17,18,22). The minimum atomic E-state index is -0.445. The van der Waals surface area contributed by atoms with Gasteiger partial charge in [0.2, 0.25) is 0 Å². The molecule has 0 bridgehead atoms. The van der Waals surface area contributed by atoms with Crippen molar-refractivity contribution in [3.8, 4) is 0 Å². The molecule has 0 aliphatic rings. The Balaban J connectivity index is 2.51. The average Bonchev–Trinajstić information content (AvgIpc) is 2.72. The number of carbonyl (C=O) groups is 2. The SMILES string of the molecule is CNC(=O)Nc1c(C(=O)c2ccc(Cl)cc2Cl)c(C)nn1C. The van der Waals surface area contributed by atoms with Gasteiger partial charge in [-0.25, -0.2) is 4.79 Å². The molecule has 6 nitrogen and oxygen atoms in total. The molecule has 0 aliphatic heterocycles. The third-order valence-corrected chi connectivity index (χ3v) is 3.63. The first-order valence-corrected chi connectivity index (χ1v) is 7.12. The summed E-state index contributed by atoms with van der Waals surface area (Å²) in [5.74, 6) is -0.0356. The molecule has 8 heteroatoms. The normalized spacial score (nSPS) is 10.4. The van der Waals surface area contributed by atoms with Crippen LogP contribution in [0.5, 0.6) is 0 Å². The summed E-state index contributed by atoms with van der Waals surface area (Å²) < 4.78 is 1.43. The van der Waals surface area contributed by atoms with Gasteiger partial charge >= 0.3 is 6.03 Å². The Kier molecular flexibility index (Phi) is 4.73. The molecule has 1 aromatic heterocycles. The predicted molar refractivity (Wildman–Crippen MR) is 85.9 cm³/mol. The lowest BCUT2D eigenvalue weighted by Gasteiger charge is -2.09. The molecule has 2 aromatic rings. The zero-order chi connectivity index (χ0) is 16.4. The van der Waals surface area contributed by atoms with E-state index < -0.39 is 6.03 Å². The van der Waals surface area contributed by atoms with Gasteiger partial charge in [-0.1, -0.05) is 23.2 Å². The van der Waals surface area contributed by atoms with Gasteiger partial charge in [-0.3, -0.25) is 14.8 Å². The van der Waals surface area contributed by atoms with Crippen molar-refractivity contribution in [2.75, 3.05) is 12.4 Å². The molecule has 2 amide bonds. The number of halogens is 2. The van der Waals surface area contributed by atoms with Crippen LogP contribution in [0.3, 0.4) is 0 Å². The maximum atomic E-state index is 12.8. The summed E-state index contributed by atoms with van der Waals surface area (Å²) in [5.41, 5.74) is 1.07. The summed E-state index contributed by atoms with van der Waals surface area (Å²) >= 11 is 11.9. The Morgan fingerprint density at radius 1 is 1.27 bits per heavy atom. The van der Waals surface area contributed by atoms with Gasteiger partial charge < -0.3 is 5.32 Å². The van der Waals surface area contributed by atoms with E-state index in [2.05, 4.69) is 15.7 Å². The van der Waals surface area contributed by atoms with Crippen molar-refractivity contribution < 1.29 is 9.59 Å². The van der Waals surface area contributed by atoms with Crippen LogP contribution in [0.2, 0.25) is 10.0 Å². The number of ketones is 1. The fourth-order valence-corrected chi connectivity index (χ4v) is 2.55. The molecule has 1 heterocycles. The van der Waals surface area contributed by atoms with E-state index in [1.165, 1.54) is 17.8 Å². The van der Waals surface area contributed by atoms with Crippen LogP contribution in [0.25, 0.3) is 0 Å². The van der Waals surface area contributed by atoms with Crippen LogP contribution >= 0.6 is 23.2 Å². The number of anilines is 1. The second-order valence-electron chi connectivity index (χ2n) is 4.59. The number of benzene rings is 1. The summed E-state index contributed by atoms with van der Waals surface area (Å²) in [6, 6.07) is 4.18. The first-order valence-electron chi connectivity index (χ1n) is 6.37. The van der Waals surface area contributed by atoms with Crippen molar-refractivity contribution in [3.05, 3.63) is 45.1 Å². The number of nitrogens with one attached hydrogen (secondary N) is 2. The van der Waals surface area contributed by atoms with Gasteiger partial charge in [-0.15, -0.1) is 0 Å². The quantitative estimate of drug-likeness (QED) is 0.843. The van der Waals surface area contributed by atoms with Crippen molar-refractivity contribution in [2.45, 2.75) is 6.92 Å². The van der Waals surface area contributed by atoms with E-state index in [9.17, 15) is 9.59 Å². The largest absolute Gasteiger partial charge is 0.341 e.